The fourth-order valence-corrected chi connectivity index (χ4v) is 0. The van der Waals surface area contributed by atoms with Crippen LogP contribution in [-0.2, 0) is 50.3 Å². The fraction of sp³-hybridized carbons (Fsp3) is 0. The van der Waals surface area contributed by atoms with Crippen molar-refractivity contribution >= 4 is 11.0 Å². The molecule has 0 spiro atoms. The molecular formula is CoFeNiSi. The van der Waals surface area contributed by atoms with Crippen molar-refractivity contribution in [2.45, 2.75) is 0 Å². The molecule has 0 amide bonds. The summed E-state index contributed by atoms with van der Waals surface area (Å²) in [5.41, 5.74) is 0. The first kappa shape index (κ1) is 42.7. The molecule has 0 aromatic rings. The predicted octanol–water partition coefficient (Wildman–Crippen LogP) is -0.388. The SMILES string of the molecule is [Co].[Fe].[Ni].[Si]. The minimum Gasteiger partial charge on any atom is 0 e. The number of hydrogen-bond donors (Lipinski definition) is 0. The molecule has 0 aliphatic carbocycles. The Morgan fingerprint density at radius 3 is 1.00 bits per heavy atom. The van der Waals surface area contributed by atoms with E-state index in [0.717, 1.165) is 0 Å². The topological polar surface area (TPSA) is 0 Å². The van der Waals surface area contributed by atoms with Gasteiger partial charge in [0.2, 0.25) is 0 Å². The van der Waals surface area contributed by atoms with E-state index in [1.54, 1.807) is 0 Å². The van der Waals surface area contributed by atoms with Gasteiger partial charge >= 0.3 is 0 Å². The largest absolute Gasteiger partial charge is 0 e. The van der Waals surface area contributed by atoms with Crippen molar-refractivity contribution in [3.63, 3.8) is 0 Å². The van der Waals surface area contributed by atoms with Gasteiger partial charge in [0, 0.05) is 61.3 Å². The smallest absolute Gasteiger partial charge is 0 e. The van der Waals surface area contributed by atoms with Crippen LogP contribution in [0.3, 0.4) is 0 Å². The molecule has 31 valence electrons. The Labute approximate surface area is 61.1 Å². The maximum Gasteiger partial charge on any atom is 0 e. The summed E-state index contributed by atoms with van der Waals surface area (Å²) in [6.07, 6.45) is 0. The van der Waals surface area contributed by atoms with Gasteiger partial charge in [0.1, 0.15) is 0 Å². The third kappa shape index (κ3) is 9.28. The molecule has 0 heterocycles. The third-order valence-electron chi connectivity index (χ3n) is 0. The average Bonchev–Trinajstić information content (AvgIpc) is 0. The maximum absolute atomic E-state index is 0. The molecule has 0 aromatic heterocycles. The van der Waals surface area contributed by atoms with Crippen LogP contribution in [-0.4, -0.2) is 11.0 Å². The molecule has 4 heavy (non-hydrogen) atoms. The number of hydrogen-bond acceptors (Lipinski definition) is 0. The normalized spacial score (nSPS) is 0. The van der Waals surface area contributed by atoms with E-state index in [0.29, 0.717) is 0 Å². The first-order chi connectivity index (χ1) is 0. The molecule has 0 fully saturated rings. The molecule has 0 atom stereocenters. The van der Waals surface area contributed by atoms with Crippen LogP contribution >= 0.6 is 0 Å². The molecule has 0 unspecified atom stereocenters. The van der Waals surface area contributed by atoms with Crippen LogP contribution in [0.5, 0.6) is 0 Å². The molecule has 0 saturated heterocycles. The average molecular weight is 202 g/mol. The molecule has 0 N–H and O–H groups in total. The van der Waals surface area contributed by atoms with Gasteiger partial charge in [0.05, 0.1) is 0 Å². The summed E-state index contributed by atoms with van der Waals surface area (Å²) in [7, 11) is 0. The van der Waals surface area contributed by atoms with Crippen molar-refractivity contribution < 1.29 is 50.3 Å². The quantitative estimate of drug-likeness (QED) is 0.469. The zero-order chi connectivity index (χ0) is 0. The summed E-state index contributed by atoms with van der Waals surface area (Å²) in [4.78, 5) is 0. The zero-order valence-electron chi connectivity index (χ0n) is 1.50. The van der Waals surface area contributed by atoms with Crippen LogP contribution in [0, 0.1) is 0 Å². The van der Waals surface area contributed by atoms with Crippen LogP contribution in [0.15, 0.2) is 0 Å². The van der Waals surface area contributed by atoms with Gasteiger partial charge in [-0.05, 0) is 0 Å². The van der Waals surface area contributed by atoms with Crippen LogP contribution in [0.1, 0.15) is 0 Å². The molecular weight excluding hydrogens is 202 g/mol. The van der Waals surface area contributed by atoms with E-state index >= 15 is 0 Å². The van der Waals surface area contributed by atoms with Crippen LogP contribution in [0.25, 0.3) is 0 Å². The second-order valence-corrected chi connectivity index (χ2v) is 0. The number of rotatable bonds is 0. The van der Waals surface area contributed by atoms with Gasteiger partial charge in [-0.2, -0.15) is 0 Å². The van der Waals surface area contributed by atoms with Gasteiger partial charge in [-0.3, -0.25) is 0 Å². The van der Waals surface area contributed by atoms with E-state index in [1.807, 2.05) is 0 Å². The van der Waals surface area contributed by atoms with Crippen molar-refractivity contribution in [2.24, 2.45) is 0 Å². The van der Waals surface area contributed by atoms with Gasteiger partial charge in [0.25, 0.3) is 0 Å². The molecule has 4 heteroatoms. The van der Waals surface area contributed by atoms with Crippen LogP contribution in [0.4, 0.5) is 0 Å². The van der Waals surface area contributed by atoms with Gasteiger partial charge < -0.3 is 0 Å². The van der Waals surface area contributed by atoms with Crippen molar-refractivity contribution in [3.05, 3.63) is 0 Å². The molecule has 0 rings (SSSR count). The zero-order valence-corrected chi connectivity index (χ0v) is 5.64. The van der Waals surface area contributed by atoms with E-state index in [1.165, 1.54) is 0 Å². The summed E-state index contributed by atoms with van der Waals surface area (Å²) in [5, 5.41) is 0. The maximum atomic E-state index is 0. The van der Waals surface area contributed by atoms with Crippen molar-refractivity contribution in [1.82, 2.24) is 0 Å². The molecule has 0 aromatic carbocycles. The van der Waals surface area contributed by atoms with E-state index in [4.69, 9.17) is 0 Å². The first-order valence-corrected chi connectivity index (χ1v) is 0. The Bertz CT molecular complexity index is 8.00. The second-order valence-electron chi connectivity index (χ2n) is 0. The summed E-state index contributed by atoms with van der Waals surface area (Å²) in [6.45, 7) is 0. The monoisotopic (exact) mass is 201 g/mol. The Balaban J connectivity index is 0. The minimum atomic E-state index is 0. The van der Waals surface area contributed by atoms with Crippen molar-refractivity contribution in [3.8, 4) is 0 Å². The molecule has 0 aliphatic rings. The van der Waals surface area contributed by atoms with Crippen LogP contribution < -0.4 is 0 Å². The van der Waals surface area contributed by atoms with Gasteiger partial charge in [-0.15, -0.1) is 0 Å². The van der Waals surface area contributed by atoms with Crippen molar-refractivity contribution in [2.75, 3.05) is 0 Å². The van der Waals surface area contributed by atoms with Gasteiger partial charge in [0.15, 0.2) is 0 Å². The Kier molecular flexibility index (Phi) is 234. The predicted molar refractivity (Wildman–Crippen MR) is 5.75 cm³/mol. The van der Waals surface area contributed by atoms with E-state index < -0.39 is 0 Å². The third-order valence-corrected chi connectivity index (χ3v) is 0. The summed E-state index contributed by atoms with van der Waals surface area (Å²) >= 11 is 0. The molecule has 0 nitrogen and oxygen atoms in total. The van der Waals surface area contributed by atoms with E-state index in [-0.39, 0.29) is 61.3 Å². The van der Waals surface area contributed by atoms with Crippen LogP contribution in [0.2, 0.25) is 0 Å². The van der Waals surface area contributed by atoms with E-state index in [2.05, 4.69) is 0 Å². The summed E-state index contributed by atoms with van der Waals surface area (Å²) in [5.74, 6) is 0. The van der Waals surface area contributed by atoms with E-state index in [9.17, 15) is 0 Å². The molecule has 0 saturated carbocycles. The first-order valence-electron chi connectivity index (χ1n) is 0. The van der Waals surface area contributed by atoms with Gasteiger partial charge in [-0.1, -0.05) is 0 Å². The minimum absolute atomic E-state index is 0. The Hall–Kier alpha value is 1.74. The molecule has 0 aliphatic heterocycles. The molecule has 0 bridgehead atoms. The molecule has 5 radical (unpaired) electrons. The fourth-order valence-electron chi connectivity index (χ4n) is 0. The standard InChI is InChI=1S/Co.Fe.Ni.Si. The van der Waals surface area contributed by atoms with Crippen molar-refractivity contribution in [1.29, 1.82) is 0 Å². The summed E-state index contributed by atoms with van der Waals surface area (Å²) < 4.78 is 0. The Morgan fingerprint density at radius 1 is 1.00 bits per heavy atom. The van der Waals surface area contributed by atoms with Gasteiger partial charge in [-0.25, -0.2) is 0 Å². The second kappa shape index (κ2) is 21.9. The summed E-state index contributed by atoms with van der Waals surface area (Å²) in [6, 6.07) is 0. The Morgan fingerprint density at radius 2 is 1.00 bits per heavy atom.